The molecule has 78 valence electrons. The second-order valence-corrected chi connectivity index (χ2v) is 3.50. The Morgan fingerprint density at radius 2 is 2.27 bits per heavy atom. The number of aryl methyl sites for hydroxylation is 1. The second kappa shape index (κ2) is 3.27. The highest BCUT2D eigenvalue weighted by molar-refractivity contribution is 5.79. The van der Waals surface area contributed by atoms with Gasteiger partial charge in [0.25, 0.3) is 0 Å². The molecule has 5 heteroatoms. The van der Waals surface area contributed by atoms with Gasteiger partial charge in [0.15, 0.2) is 0 Å². The van der Waals surface area contributed by atoms with Gasteiger partial charge < -0.3 is 10.7 Å². The normalized spacial score (nSPS) is 10.7. The highest BCUT2D eigenvalue weighted by Gasteiger charge is 2.07. The van der Waals surface area contributed by atoms with Crippen LogP contribution in [0.15, 0.2) is 23.0 Å². The van der Waals surface area contributed by atoms with Gasteiger partial charge in [-0.25, -0.2) is 4.79 Å². The number of carbonyl (C=O) groups excluding carboxylic acids is 1. The number of fused-ring (bicyclic) bond motifs is 1. The lowest BCUT2D eigenvalue weighted by Crippen LogP contribution is -2.26. The average Bonchev–Trinajstić information content (AvgIpc) is 2.41. The van der Waals surface area contributed by atoms with Crippen LogP contribution in [-0.2, 0) is 11.3 Å². The van der Waals surface area contributed by atoms with Gasteiger partial charge in [-0.05, 0) is 24.6 Å². The third-order valence-corrected chi connectivity index (χ3v) is 2.24. The molecule has 0 radical (unpaired) electrons. The molecule has 5 nitrogen and oxygen atoms in total. The number of carbonyl (C=O) groups is 1. The Morgan fingerprint density at radius 1 is 1.53 bits per heavy atom. The molecule has 0 saturated heterocycles. The van der Waals surface area contributed by atoms with E-state index in [2.05, 4.69) is 4.98 Å². The Kier molecular flexibility index (Phi) is 2.07. The van der Waals surface area contributed by atoms with Crippen molar-refractivity contribution in [1.29, 1.82) is 0 Å². The first-order valence-corrected chi connectivity index (χ1v) is 4.55. The Bertz CT molecular complexity index is 580. The third kappa shape index (κ3) is 1.63. The summed E-state index contributed by atoms with van der Waals surface area (Å²) in [5, 5.41) is 0. The predicted molar refractivity (Wildman–Crippen MR) is 56.5 cm³/mol. The van der Waals surface area contributed by atoms with Crippen LogP contribution in [0.5, 0.6) is 0 Å². The van der Waals surface area contributed by atoms with E-state index in [1.54, 1.807) is 6.07 Å². The number of nitrogens with two attached hydrogens (primary N) is 1. The van der Waals surface area contributed by atoms with E-state index in [0.29, 0.717) is 5.52 Å². The first kappa shape index (κ1) is 9.51. The highest BCUT2D eigenvalue weighted by atomic mass is 16.2. The second-order valence-electron chi connectivity index (χ2n) is 3.50. The molecule has 1 aromatic carbocycles. The lowest BCUT2D eigenvalue weighted by molar-refractivity contribution is -0.118. The number of nitrogens with zero attached hydrogens (tertiary/aromatic N) is 1. The summed E-state index contributed by atoms with van der Waals surface area (Å²) in [5.41, 5.74) is 7.22. The van der Waals surface area contributed by atoms with E-state index in [1.807, 2.05) is 19.1 Å². The molecule has 3 N–H and O–H groups in total. The standard InChI is InChI=1S/C10H11N3O2/c1-6-2-3-8-7(4-6)12-10(15)13(8)5-9(11)14/h2-4H,5H2,1H3,(H2,11,14)(H,12,15). The number of aromatic nitrogens is 2. The third-order valence-electron chi connectivity index (χ3n) is 2.24. The van der Waals surface area contributed by atoms with Gasteiger partial charge in [0.1, 0.15) is 6.54 Å². The molecule has 0 aliphatic carbocycles. The number of nitrogens with one attached hydrogen (secondary N) is 1. The number of benzene rings is 1. The number of hydrogen-bond acceptors (Lipinski definition) is 2. The van der Waals surface area contributed by atoms with Crippen molar-refractivity contribution in [3.8, 4) is 0 Å². The van der Waals surface area contributed by atoms with Gasteiger partial charge in [0, 0.05) is 0 Å². The van der Waals surface area contributed by atoms with Crippen LogP contribution in [0.2, 0.25) is 0 Å². The van der Waals surface area contributed by atoms with E-state index in [1.165, 1.54) is 4.57 Å². The SMILES string of the molecule is Cc1ccc2c(c1)[nH]c(=O)n2CC(N)=O. The minimum atomic E-state index is -0.529. The van der Waals surface area contributed by atoms with Crippen molar-refractivity contribution in [2.24, 2.45) is 5.73 Å². The van der Waals surface area contributed by atoms with E-state index >= 15 is 0 Å². The maximum absolute atomic E-state index is 11.5. The van der Waals surface area contributed by atoms with Crippen LogP contribution in [-0.4, -0.2) is 15.5 Å². The zero-order valence-corrected chi connectivity index (χ0v) is 8.28. The Morgan fingerprint density at radius 3 is 2.93 bits per heavy atom. The Balaban J connectivity index is 2.68. The molecule has 0 fully saturated rings. The van der Waals surface area contributed by atoms with Crippen LogP contribution in [0.3, 0.4) is 0 Å². The van der Waals surface area contributed by atoms with Crippen molar-refractivity contribution in [2.75, 3.05) is 0 Å². The number of imidazole rings is 1. The molecule has 0 saturated carbocycles. The molecule has 1 aromatic heterocycles. The van der Waals surface area contributed by atoms with Gasteiger partial charge in [0.2, 0.25) is 5.91 Å². The van der Waals surface area contributed by atoms with Crippen LogP contribution < -0.4 is 11.4 Å². The maximum Gasteiger partial charge on any atom is 0.326 e. The fourth-order valence-electron chi connectivity index (χ4n) is 1.59. The predicted octanol–water partition coefficient (Wildman–Crippen LogP) is 0.123. The molecular weight excluding hydrogens is 194 g/mol. The van der Waals surface area contributed by atoms with Gasteiger partial charge in [-0.1, -0.05) is 6.07 Å². The smallest absolute Gasteiger partial charge is 0.326 e. The van der Waals surface area contributed by atoms with Gasteiger partial charge in [-0.3, -0.25) is 9.36 Å². The van der Waals surface area contributed by atoms with Gasteiger partial charge in [0.05, 0.1) is 11.0 Å². The van der Waals surface area contributed by atoms with Crippen LogP contribution in [0.1, 0.15) is 5.56 Å². The molecule has 0 spiro atoms. The van der Waals surface area contributed by atoms with E-state index in [0.717, 1.165) is 11.1 Å². The highest BCUT2D eigenvalue weighted by Crippen LogP contribution is 2.11. The van der Waals surface area contributed by atoms with Gasteiger partial charge in [-0.2, -0.15) is 0 Å². The first-order chi connectivity index (χ1) is 7.08. The lowest BCUT2D eigenvalue weighted by Gasteiger charge is -1.99. The molecule has 1 heterocycles. The zero-order valence-electron chi connectivity index (χ0n) is 8.28. The molecule has 0 aliphatic rings. The summed E-state index contributed by atoms with van der Waals surface area (Å²) >= 11 is 0. The number of hydrogen-bond donors (Lipinski definition) is 2. The Hall–Kier alpha value is -2.04. The van der Waals surface area contributed by atoms with Crippen LogP contribution in [0.25, 0.3) is 11.0 Å². The molecule has 0 unspecified atom stereocenters. The summed E-state index contributed by atoms with van der Waals surface area (Å²) in [6.07, 6.45) is 0. The van der Waals surface area contributed by atoms with E-state index in [-0.39, 0.29) is 12.2 Å². The quantitative estimate of drug-likeness (QED) is 0.730. The Labute approximate surface area is 85.5 Å². The summed E-state index contributed by atoms with van der Waals surface area (Å²) in [6.45, 7) is 1.84. The average molecular weight is 205 g/mol. The van der Waals surface area contributed by atoms with Crippen LogP contribution >= 0.6 is 0 Å². The molecular formula is C10H11N3O2. The van der Waals surface area contributed by atoms with Crippen molar-refractivity contribution >= 4 is 16.9 Å². The molecule has 0 atom stereocenters. The fourth-order valence-corrected chi connectivity index (χ4v) is 1.59. The van der Waals surface area contributed by atoms with Crippen LogP contribution in [0.4, 0.5) is 0 Å². The minimum Gasteiger partial charge on any atom is -0.368 e. The van der Waals surface area contributed by atoms with Crippen molar-refractivity contribution in [3.63, 3.8) is 0 Å². The maximum atomic E-state index is 11.5. The number of rotatable bonds is 2. The number of amides is 1. The van der Waals surface area contributed by atoms with E-state index < -0.39 is 5.91 Å². The number of aromatic amines is 1. The summed E-state index contributed by atoms with van der Waals surface area (Å²) in [4.78, 5) is 24.9. The summed E-state index contributed by atoms with van der Waals surface area (Å²) < 4.78 is 1.33. The fraction of sp³-hybridized carbons (Fsp3) is 0.200. The largest absolute Gasteiger partial charge is 0.368 e. The summed E-state index contributed by atoms with van der Waals surface area (Å²) in [5.74, 6) is -0.529. The number of primary amides is 1. The van der Waals surface area contributed by atoms with Crippen molar-refractivity contribution in [3.05, 3.63) is 34.2 Å². The summed E-state index contributed by atoms with van der Waals surface area (Å²) in [6, 6.07) is 5.53. The van der Waals surface area contributed by atoms with Crippen molar-refractivity contribution in [2.45, 2.75) is 13.5 Å². The molecule has 1 amide bonds. The van der Waals surface area contributed by atoms with E-state index in [4.69, 9.17) is 5.73 Å². The minimum absolute atomic E-state index is 0.0953. The van der Waals surface area contributed by atoms with Gasteiger partial charge in [-0.15, -0.1) is 0 Å². The lowest BCUT2D eigenvalue weighted by atomic mass is 10.2. The van der Waals surface area contributed by atoms with Crippen molar-refractivity contribution < 1.29 is 4.79 Å². The van der Waals surface area contributed by atoms with Gasteiger partial charge >= 0.3 is 5.69 Å². The van der Waals surface area contributed by atoms with E-state index in [9.17, 15) is 9.59 Å². The molecule has 0 bridgehead atoms. The zero-order chi connectivity index (χ0) is 11.0. The van der Waals surface area contributed by atoms with Crippen molar-refractivity contribution in [1.82, 2.24) is 9.55 Å². The molecule has 15 heavy (non-hydrogen) atoms. The molecule has 0 aliphatic heterocycles. The van der Waals surface area contributed by atoms with Crippen LogP contribution in [0, 0.1) is 6.92 Å². The summed E-state index contributed by atoms with van der Waals surface area (Å²) in [7, 11) is 0. The molecule has 2 rings (SSSR count). The molecule has 2 aromatic rings. The topological polar surface area (TPSA) is 80.9 Å². The monoisotopic (exact) mass is 205 g/mol. The number of H-pyrrole nitrogens is 1. The first-order valence-electron chi connectivity index (χ1n) is 4.55.